The highest BCUT2D eigenvalue weighted by Crippen LogP contribution is 2.05. The van der Waals surface area contributed by atoms with Crippen LogP contribution in [-0.2, 0) is 4.79 Å². The van der Waals surface area contributed by atoms with Crippen LogP contribution in [0.15, 0.2) is 12.2 Å². The molecule has 1 unspecified atom stereocenters. The van der Waals surface area contributed by atoms with Crippen LogP contribution >= 0.6 is 0 Å². The fraction of sp³-hybridized carbons (Fsp3) is 0.625. The summed E-state index contributed by atoms with van der Waals surface area (Å²) in [6.07, 6.45) is 2.48. The summed E-state index contributed by atoms with van der Waals surface area (Å²) < 4.78 is 0. The van der Waals surface area contributed by atoms with Crippen LogP contribution in [0.5, 0.6) is 0 Å². The fourth-order valence-electron chi connectivity index (χ4n) is 0.580. The number of hydrogen-bond donors (Lipinski definition) is 2. The third-order valence-electron chi connectivity index (χ3n) is 1.41. The molecule has 0 bridgehead atoms. The Morgan fingerprint density at radius 3 is 2.45 bits per heavy atom. The number of carboxylic acids is 1. The van der Waals surface area contributed by atoms with Crippen LogP contribution in [0, 0.1) is 5.92 Å². The first-order valence-corrected chi connectivity index (χ1v) is 3.61. The molecule has 0 saturated heterocycles. The smallest absolute Gasteiger partial charge is 0.327 e. The Labute approximate surface area is 66.4 Å². The lowest BCUT2D eigenvalue weighted by atomic mass is 10.0. The first-order valence-electron chi connectivity index (χ1n) is 3.61. The predicted molar refractivity (Wildman–Crippen MR) is 42.2 cm³/mol. The average molecular weight is 158 g/mol. The van der Waals surface area contributed by atoms with Gasteiger partial charge in [-0.05, 0) is 12.3 Å². The molecule has 0 heterocycles. The average Bonchev–Trinajstić information content (AvgIpc) is 1.86. The highest BCUT2D eigenvalue weighted by atomic mass is 16.4. The maximum Gasteiger partial charge on any atom is 0.327 e. The van der Waals surface area contributed by atoms with E-state index in [0.29, 0.717) is 6.42 Å². The zero-order chi connectivity index (χ0) is 8.85. The van der Waals surface area contributed by atoms with Gasteiger partial charge in [0.1, 0.15) is 0 Å². The molecule has 1 atom stereocenters. The van der Waals surface area contributed by atoms with Crippen molar-refractivity contribution in [1.29, 1.82) is 0 Å². The lowest BCUT2D eigenvalue weighted by Crippen LogP contribution is -2.12. The molecular formula is C8H14O3. The second kappa shape index (κ2) is 4.91. The van der Waals surface area contributed by atoms with E-state index in [1.54, 1.807) is 0 Å². The van der Waals surface area contributed by atoms with Gasteiger partial charge in [0, 0.05) is 6.08 Å². The largest absolute Gasteiger partial charge is 0.478 e. The summed E-state index contributed by atoms with van der Waals surface area (Å²) in [4.78, 5) is 9.98. The van der Waals surface area contributed by atoms with Crippen LogP contribution in [0.4, 0.5) is 0 Å². The molecule has 0 fully saturated rings. The molecule has 0 aromatic rings. The van der Waals surface area contributed by atoms with Crippen LogP contribution in [0.25, 0.3) is 0 Å². The standard InChI is InChI=1S/C8H14O3/c1-6(2)7(9)4-3-5-8(10)11/h3,5-7,9H,4H2,1-2H3,(H,10,11). The van der Waals surface area contributed by atoms with E-state index >= 15 is 0 Å². The molecule has 11 heavy (non-hydrogen) atoms. The highest BCUT2D eigenvalue weighted by molar-refractivity contribution is 5.79. The van der Waals surface area contributed by atoms with Gasteiger partial charge in [-0.3, -0.25) is 0 Å². The Hall–Kier alpha value is -0.830. The van der Waals surface area contributed by atoms with E-state index in [4.69, 9.17) is 5.11 Å². The van der Waals surface area contributed by atoms with Crippen molar-refractivity contribution in [2.45, 2.75) is 26.4 Å². The first kappa shape index (κ1) is 10.2. The van der Waals surface area contributed by atoms with Gasteiger partial charge in [0.05, 0.1) is 6.10 Å². The van der Waals surface area contributed by atoms with Crippen molar-refractivity contribution in [3.8, 4) is 0 Å². The number of rotatable bonds is 4. The third kappa shape index (κ3) is 5.61. The molecule has 0 aliphatic rings. The third-order valence-corrected chi connectivity index (χ3v) is 1.41. The van der Waals surface area contributed by atoms with Crippen LogP contribution in [0.1, 0.15) is 20.3 Å². The Kier molecular flexibility index (Phi) is 4.54. The topological polar surface area (TPSA) is 57.5 Å². The summed E-state index contributed by atoms with van der Waals surface area (Å²) in [6.45, 7) is 3.78. The number of carboxylic acid groups (broad SMARTS) is 1. The summed E-state index contributed by atoms with van der Waals surface area (Å²) in [7, 11) is 0. The van der Waals surface area contributed by atoms with Gasteiger partial charge in [-0.15, -0.1) is 0 Å². The molecule has 0 rings (SSSR count). The number of aliphatic hydroxyl groups is 1. The SMILES string of the molecule is CC(C)C(O)CC=CC(=O)O. The van der Waals surface area contributed by atoms with Gasteiger partial charge in [-0.25, -0.2) is 4.79 Å². The lowest BCUT2D eigenvalue weighted by Gasteiger charge is -2.10. The second-order valence-electron chi connectivity index (χ2n) is 2.79. The first-order chi connectivity index (χ1) is 5.04. The normalized spacial score (nSPS) is 14.2. The maximum absolute atomic E-state index is 9.98. The van der Waals surface area contributed by atoms with E-state index in [9.17, 15) is 9.90 Å². The number of carbonyl (C=O) groups is 1. The van der Waals surface area contributed by atoms with Crippen molar-refractivity contribution < 1.29 is 15.0 Å². The van der Waals surface area contributed by atoms with Crippen molar-refractivity contribution in [3.05, 3.63) is 12.2 Å². The Morgan fingerprint density at radius 2 is 2.09 bits per heavy atom. The minimum absolute atomic E-state index is 0.174. The lowest BCUT2D eigenvalue weighted by molar-refractivity contribution is -0.131. The van der Waals surface area contributed by atoms with Gasteiger partial charge in [0.2, 0.25) is 0 Å². The molecular weight excluding hydrogens is 144 g/mol. The Morgan fingerprint density at radius 1 is 1.55 bits per heavy atom. The number of aliphatic hydroxyl groups excluding tert-OH is 1. The molecule has 0 aliphatic carbocycles. The van der Waals surface area contributed by atoms with Gasteiger partial charge < -0.3 is 10.2 Å². The molecule has 0 aliphatic heterocycles. The fourth-order valence-corrected chi connectivity index (χ4v) is 0.580. The van der Waals surface area contributed by atoms with E-state index in [0.717, 1.165) is 6.08 Å². The summed E-state index contributed by atoms with van der Waals surface area (Å²) in [5, 5.41) is 17.4. The van der Waals surface area contributed by atoms with Crippen molar-refractivity contribution in [3.63, 3.8) is 0 Å². The van der Waals surface area contributed by atoms with Gasteiger partial charge >= 0.3 is 5.97 Å². The number of aliphatic carboxylic acids is 1. The summed E-state index contributed by atoms with van der Waals surface area (Å²) in [5.74, 6) is -0.797. The predicted octanol–water partition coefficient (Wildman–Crippen LogP) is 1.03. The highest BCUT2D eigenvalue weighted by Gasteiger charge is 2.05. The second-order valence-corrected chi connectivity index (χ2v) is 2.79. The summed E-state index contributed by atoms with van der Waals surface area (Å²) >= 11 is 0. The van der Waals surface area contributed by atoms with E-state index in [1.807, 2.05) is 13.8 Å². The van der Waals surface area contributed by atoms with Crippen molar-refractivity contribution >= 4 is 5.97 Å². The molecule has 3 nitrogen and oxygen atoms in total. The molecule has 0 aromatic heterocycles. The summed E-state index contributed by atoms with van der Waals surface area (Å²) in [5.41, 5.74) is 0. The van der Waals surface area contributed by atoms with Crippen LogP contribution in [0.2, 0.25) is 0 Å². The zero-order valence-electron chi connectivity index (χ0n) is 6.82. The van der Waals surface area contributed by atoms with E-state index < -0.39 is 12.1 Å². The zero-order valence-corrected chi connectivity index (χ0v) is 6.82. The van der Waals surface area contributed by atoms with Crippen LogP contribution < -0.4 is 0 Å². The quantitative estimate of drug-likeness (QED) is 0.601. The van der Waals surface area contributed by atoms with E-state index in [2.05, 4.69) is 0 Å². The molecule has 0 aromatic carbocycles. The minimum atomic E-state index is -0.971. The number of hydrogen-bond acceptors (Lipinski definition) is 2. The molecule has 3 heteroatoms. The molecule has 64 valence electrons. The molecule has 0 amide bonds. The maximum atomic E-state index is 9.98. The van der Waals surface area contributed by atoms with Crippen molar-refractivity contribution in [1.82, 2.24) is 0 Å². The molecule has 2 N–H and O–H groups in total. The summed E-state index contributed by atoms with van der Waals surface area (Å²) in [6, 6.07) is 0. The van der Waals surface area contributed by atoms with E-state index in [1.165, 1.54) is 6.08 Å². The van der Waals surface area contributed by atoms with E-state index in [-0.39, 0.29) is 5.92 Å². The van der Waals surface area contributed by atoms with Gasteiger partial charge in [0.25, 0.3) is 0 Å². The molecule has 0 radical (unpaired) electrons. The molecule has 0 spiro atoms. The van der Waals surface area contributed by atoms with Gasteiger partial charge in [-0.2, -0.15) is 0 Å². The monoisotopic (exact) mass is 158 g/mol. The van der Waals surface area contributed by atoms with Gasteiger partial charge in [-0.1, -0.05) is 19.9 Å². The Bertz CT molecular complexity index is 149. The molecule has 0 saturated carbocycles. The van der Waals surface area contributed by atoms with Gasteiger partial charge in [0.15, 0.2) is 0 Å². The van der Waals surface area contributed by atoms with Crippen LogP contribution in [-0.4, -0.2) is 22.3 Å². The van der Waals surface area contributed by atoms with Crippen LogP contribution in [0.3, 0.4) is 0 Å². The van der Waals surface area contributed by atoms with Crippen molar-refractivity contribution in [2.24, 2.45) is 5.92 Å². The minimum Gasteiger partial charge on any atom is -0.478 e. The van der Waals surface area contributed by atoms with Crippen molar-refractivity contribution in [2.75, 3.05) is 0 Å². The Balaban J connectivity index is 3.61.